The fourth-order valence-corrected chi connectivity index (χ4v) is 4.30. The summed E-state index contributed by atoms with van der Waals surface area (Å²) in [5, 5.41) is 0. The highest BCUT2D eigenvalue weighted by Crippen LogP contribution is 2.55. The van der Waals surface area contributed by atoms with Gasteiger partial charge in [0.15, 0.2) is 0 Å². The van der Waals surface area contributed by atoms with E-state index in [0.717, 1.165) is 0 Å². The van der Waals surface area contributed by atoms with Gasteiger partial charge < -0.3 is 0 Å². The Morgan fingerprint density at radius 3 is 1.68 bits per heavy atom. The van der Waals surface area contributed by atoms with Gasteiger partial charge in [-0.25, -0.2) is 0 Å². The van der Waals surface area contributed by atoms with Crippen molar-refractivity contribution in [2.75, 3.05) is 0 Å². The van der Waals surface area contributed by atoms with E-state index in [-0.39, 0.29) is 5.41 Å². The van der Waals surface area contributed by atoms with E-state index in [9.17, 15) is 0 Å². The van der Waals surface area contributed by atoms with E-state index in [1.807, 2.05) is 18.5 Å². The smallest absolute Gasteiger partial charge is 0.0728 e. The molecule has 0 radical (unpaired) electrons. The maximum Gasteiger partial charge on any atom is 0.0728 e. The fourth-order valence-electron chi connectivity index (χ4n) is 4.30. The molecule has 0 amide bonds. The second-order valence-electron chi connectivity index (χ2n) is 6.45. The largest absolute Gasteiger partial charge is 0.264 e. The third kappa shape index (κ3) is 1.87. The number of nitrogens with zero attached hydrogens (tertiary/aromatic N) is 1. The van der Waals surface area contributed by atoms with Gasteiger partial charge in [-0.3, -0.25) is 4.98 Å². The quantitative estimate of drug-likeness (QED) is 0.422. The molecule has 4 aromatic rings. The van der Waals surface area contributed by atoms with Crippen LogP contribution < -0.4 is 0 Å². The lowest BCUT2D eigenvalue weighted by atomic mass is 9.68. The van der Waals surface area contributed by atoms with Gasteiger partial charge in [-0.1, -0.05) is 84.9 Å². The molecule has 0 fully saturated rings. The number of benzene rings is 3. The third-order valence-corrected chi connectivity index (χ3v) is 5.25. The van der Waals surface area contributed by atoms with Crippen LogP contribution in [0.3, 0.4) is 0 Å². The van der Waals surface area contributed by atoms with E-state index in [1.54, 1.807) is 0 Å². The molecular weight excluding hydrogens is 302 g/mol. The van der Waals surface area contributed by atoms with E-state index < -0.39 is 0 Å². The van der Waals surface area contributed by atoms with Crippen molar-refractivity contribution in [3.63, 3.8) is 0 Å². The van der Waals surface area contributed by atoms with Gasteiger partial charge in [0.1, 0.15) is 0 Å². The monoisotopic (exact) mass is 319 g/mol. The van der Waals surface area contributed by atoms with Crippen molar-refractivity contribution in [1.29, 1.82) is 0 Å². The Balaban J connectivity index is 1.98. The van der Waals surface area contributed by atoms with Crippen molar-refractivity contribution in [1.82, 2.24) is 4.98 Å². The summed E-state index contributed by atoms with van der Waals surface area (Å²) in [5.41, 5.74) is 7.45. The molecule has 1 heteroatoms. The molecule has 0 N–H and O–H groups in total. The lowest BCUT2D eigenvalue weighted by Crippen LogP contribution is -2.28. The number of aromatic nitrogens is 1. The second-order valence-corrected chi connectivity index (χ2v) is 6.45. The van der Waals surface area contributed by atoms with Crippen LogP contribution in [-0.2, 0) is 5.41 Å². The van der Waals surface area contributed by atoms with Gasteiger partial charge in [0.05, 0.1) is 5.41 Å². The molecule has 1 aliphatic carbocycles. The molecule has 1 heterocycles. The van der Waals surface area contributed by atoms with Crippen molar-refractivity contribution >= 4 is 0 Å². The van der Waals surface area contributed by atoms with Crippen molar-refractivity contribution in [3.8, 4) is 11.1 Å². The summed E-state index contributed by atoms with van der Waals surface area (Å²) in [6, 6.07) is 32.5. The molecule has 25 heavy (non-hydrogen) atoms. The van der Waals surface area contributed by atoms with E-state index in [0.29, 0.717) is 0 Å². The zero-order chi connectivity index (χ0) is 16.7. The number of fused-ring (bicyclic) bond motifs is 3. The molecule has 0 bridgehead atoms. The van der Waals surface area contributed by atoms with Crippen LogP contribution in [0.5, 0.6) is 0 Å². The summed E-state index contributed by atoms with van der Waals surface area (Å²) in [6.07, 6.45) is 3.85. The van der Waals surface area contributed by atoms with Crippen molar-refractivity contribution in [3.05, 3.63) is 126 Å². The first-order chi connectivity index (χ1) is 12.4. The van der Waals surface area contributed by atoms with Crippen molar-refractivity contribution in [2.45, 2.75) is 5.41 Å². The van der Waals surface area contributed by atoms with Gasteiger partial charge in [-0.15, -0.1) is 0 Å². The van der Waals surface area contributed by atoms with Gasteiger partial charge in [0.25, 0.3) is 0 Å². The average Bonchev–Trinajstić information content (AvgIpc) is 3.01. The Morgan fingerprint density at radius 1 is 0.520 bits per heavy atom. The minimum absolute atomic E-state index is 0.317. The summed E-state index contributed by atoms with van der Waals surface area (Å²) in [5.74, 6) is 0. The number of hydrogen-bond donors (Lipinski definition) is 0. The summed E-state index contributed by atoms with van der Waals surface area (Å²) in [7, 11) is 0. The molecule has 1 nitrogen and oxygen atoms in total. The Bertz CT molecular complexity index is 949. The van der Waals surface area contributed by atoms with E-state index in [1.165, 1.54) is 33.4 Å². The molecule has 1 aromatic heterocycles. The standard InChI is InChI=1S/C24H17N/c1-2-9-18(10-3-1)24(19-11-8-16-25-17-19)22-14-6-4-12-20(22)21-13-5-7-15-23(21)24/h1-17H. The predicted octanol–water partition coefficient (Wildman–Crippen LogP) is 5.44. The molecule has 0 saturated carbocycles. The lowest BCUT2D eigenvalue weighted by Gasteiger charge is -2.33. The van der Waals surface area contributed by atoms with E-state index in [2.05, 4.69) is 89.9 Å². The van der Waals surface area contributed by atoms with Crippen LogP contribution >= 0.6 is 0 Å². The molecule has 0 saturated heterocycles. The molecule has 0 atom stereocenters. The van der Waals surface area contributed by atoms with Crippen LogP contribution in [0.15, 0.2) is 103 Å². The van der Waals surface area contributed by atoms with E-state index >= 15 is 0 Å². The Hall–Kier alpha value is -3.19. The normalized spacial score (nSPS) is 13.9. The van der Waals surface area contributed by atoms with Crippen molar-refractivity contribution in [2.24, 2.45) is 0 Å². The van der Waals surface area contributed by atoms with Crippen LogP contribution in [-0.4, -0.2) is 4.98 Å². The molecule has 0 unspecified atom stereocenters. The van der Waals surface area contributed by atoms with Crippen LogP contribution in [0.1, 0.15) is 22.3 Å². The molecule has 118 valence electrons. The van der Waals surface area contributed by atoms with Crippen LogP contribution in [0, 0.1) is 0 Å². The van der Waals surface area contributed by atoms with E-state index in [4.69, 9.17) is 0 Å². The zero-order valence-electron chi connectivity index (χ0n) is 13.8. The number of pyridine rings is 1. The highest BCUT2D eigenvalue weighted by atomic mass is 14.6. The zero-order valence-corrected chi connectivity index (χ0v) is 13.8. The summed E-state index contributed by atoms with van der Waals surface area (Å²) < 4.78 is 0. The topological polar surface area (TPSA) is 12.9 Å². The van der Waals surface area contributed by atoms with Crippen LogP contribution in [0.25, 0.3) is 11.1 Å². The third-order valence-electron chi connectivity index (χ3n) is 5.25. The summed E-state index contributed by atoms with van der Waals surface area (Å²) in [4.78, 5) is 4.45. The molecule has 0 spiro atoms. The minimum atomic E-state index is -0.317. The van der Waals surface area contributed by atoms with Gasteiger partial charge in [0, 0.05) is 12.4 Å². The van der Waals surface area contributed by atoms with Gasteiger partial charge in [-0.05, 0) is 39.4 Å². The Morgan fingerprint density at radius 2 is 1.08 bits per heavy atom. The number of rotatable bonds is 2. The second kappa shape index (κ2) is 5.42. The first-order valence-corrected chi connectivity index (χ1v) is 8.58. The lowest BCUT2D eigenvalue weighted by molar-refractivity contribution is 0.763. The van der Waals surface area contributed by atoms with Crippen LogP contribution in [0.2, 0.25) is 0 Å². The molecule has 5 rings (SSSR count). The number of hydrogen-bond acceptors (Lipinski definition) is 1. The maximum atomic E-state index is 4.45. The highest BCUT2D eigenvalue weighted by Gasteiger charge is 2.45. The molecule has 1 aliphatic rings. The minimum Gasteiger partial charge on any atom is -0.264 e. The SMILES string of the molecule is c1ccc(C2(c3cccnc3)c3ccccc3-c3ccccc32)cc1. The van der Waals surface area contributed by atoms with Gasteiger partial charge in [-0.2, -0.15) is 0 Å². The molecule has 0 aliphatic heterocycles. The fraction of sp³-hybridized carbons (Fsp3) is 0.0417. The van der Waals surface area contributed by atoms with Crippen LogP contribution in [0.4, 0.5) is 0 Å². The van der Waals surface area contributed by atoms with Crippen molar-refractivity contribution < 1.29 is 0 Å². The Kier molecular flexibility index (Phi) is 3.07. The highest BCUT2D eigenvalue weighted by molar-refractivity contribution is 5.85. The molecular formula is C24H17N. The van der Waals surface area contributed by atoms with Gasteiger partial charge >= 0.3 is 0 Å². The summed E-state index contributed by atoms with van der Waals surface area (Å²) in [6.45, 7) is 0. The first-order valence-electron chi connectivity index (χ1n) is 8.58. The van der Waals surface area contributed by atoms with Gasteiger partial charge in [0.2, 0.25) is 0 Å². The average molecular weight is 319 g/mol. The Labute approximate surface area is 147 Å². The predicted molar refractivity (Wildman–Crippen MR) is 102 cm³/mol. The first kappa shape index (κ1) is 14.2. The maximum absolute atomic E-state index is 4.45. The molecule has 3 aromatic carbocycles. The summed E-state index contributed by atoms with van der Waals surface area (Å²) >= 11 is 0.